The molecule has 2 N–H and O–H groups in total. The highest BCUT2D eigenvalue weighted by molar-refractivity contribution is 5.04. The van der Waals surface area contributed by atoms with Gasteiger partial charge in [-0.2, -0.15) is 0 Å². The third-order valence-electron chi connectivity index (χ3n) is 3.75. The van der Waals surface area contributed by atoms with Gasteiger partial charge in [0.05, 0.1) is 0 Å². The van der Waals surface area contributed by atoms with Gasteiger partial charge in [0.1, 0.15) is 0 Å². The van der Waals surface area contributed by atoms with Crippen molar-refractivity contribution in [2.45, 2.75) is 45.1 Å². The quantitative estimate of drug-likeness (QED) is 0.705. The molecule has 0 radical (unpaired) electrons. The summed E-state index contributed by atoms with van der Waals surface area (Å²) in [5.74, 6) is 0.861. The molecule has 0 aromatic rings. The van der Waals surface area contributed by atoms with Crippen molar-refractivity contribution in [1.29, 1.82) is 0 Å². The summed E-state index contributed by atoms with van der Waals surface area (Å²) in [6, 6.07) is 0.477. The maximum Gasteiger partial charge on any atom is 0.0190 e. The summed E-state index contributed by atoms with van der Waals surface area (Å²) >= 11 is 0. The molecule has 0 spiro atoms. The molecule has 2 aliphatic rings. The van der Waals surface area contributed by atoms with E-state index in [1.54, 1.807) is 5.57 Å². The highest BCUT2D eigenvalue weighted by Crippen LogP contribution is 2.24. The number of hydrogen-bond donors (Lipinski definition) is 1. The van der Waals surface area contributed by atoms with Crippen LogP contribution in [0, 0.1) is 5.92 Å². The molecule has 1 saturated carbocycles. The zero-order chi connectivity index (χ0) is 10.7. The van der Waals surface area contributed by atoms with Crippen LogP contribution in [0.4, 0.5) is 0 Å². The Kier molecular flexibility index (Phi) is 3.81. The second-order valence-corrected chi connectivity index (χ2v) is 5.37. The Balaban J connectivity index is 1.78. The molecular formula is C13H24N2. The molecule has 2 heteroatoms. The Morgan fingerprint density at radius 3 is 3.07 bits per heavy atom. The molecular weight excluding hydrogens is 184 g/mol. The average Bonchev–Trinajstić information content (AvgIpc) is 2.17. The lowest BCUT2D eigenvalue weighted by atomic mass is 9.85. The molecule has 1 aliphatic carbocycles. The van der Waals surface area contributed by atoms with Crippen LogP contribution in [0.2, 0.25) is 0 Å². The molecule has 2 atom stereocenters. The van der Waals surface area contributed by atoms with E-state index in [2.05, 4.69) is 17.9 Å². The zero-order valence-corrected chi connectivity index (χ0v) is 9.91. The Hall–Kier alpha value is -0.340. The van der Waals surface area contributed by atoms with Crippen molar-refractivity contribution < 1.29 is 0 Å². The van der Waals surface area contributed by atoms with Crippen molar-refractivity contribution in [2.75, 3.05) is 19.6 Å². The van der Waals surface area contributed by atoms with E-state index in [-0.39, 0.29) is 0 Å². The molecule has 0 saturated heterocycles. The largest absolute Gasteiger partial charge is 0.328 e. The van der Waals surface area contributed by atoms with Crippen molar-refractivity contribution in [1.82, 2.24) is 4.90 Å². The summed E-state index contributed by atoms with van der Waals surface area (Å²) in [5, 5.41) is 0. The van der Waals surface area contributed by atoms with Crippen molar-refractivity contribution in [3.05, 3.63) is 11.6 Å². The predicted octanol–water partition coefficient (Wildman–Crippen LogP) is 2.16. The summed E-state index contributed by atoms with van der Waals surface area (Å²) in [7, 11) is 0. The minimum Gasteiger partial charge on any atom is -0.328 e. The first-order valence-electron chi connectivity index (χ1n) is 6.37. The van der Waals surface area contributed by atoms with E-state index in [1.165, 1.54) is 51.7 Å². The fraction of sp³-hybridized carbons (Fsp3) is 0.846. The number of nitrogens with zero attached hydrogens (tertiary/aromatic N) is 1. The van der Waals surface area contributed by atoms with Gasteiger partial charge in [-0.25, -0.2) is 0 Å². The van der Waals surface area contributed by atoms with Crippen LogP contribution >= 0.6 is 0 Å². The molecule has 1 aliphatic heterocycles. The van der Waals surface area contributed by atoms with Crippen LogP contribution in [0.15, 0.2) is 11.6 Å². The third kappa shape index (κ3) is 3.32. The number of rotatable bonds is 2. The van der Waals surface area contributed by atoms with Crippen LogP contribution in [0.25, 0.3) is 0 Å². The standard InChI is InChI=1S/C13H24N2/c1-11-4-3-7-15(9-11)10-12-5-2-6-13(14)8-12/h4,12-13H,2-3,5-10,14H2,1H3. The monoisotopic (exact) mass is 208 g/mol. The summed E-state index contributed by atoms with van der Waals surface area (Å²) < 4.78 is 0. The Labute approximate surface area is 93.5 Å². The molecule has 1 heterocycles. The predicted molar refractivity (Wildman–Crippen MR) is 64.7 cm³/mol. The van der Waals surface area contributed by atoms with Gasteiger partial charge in [-0.1, -0.05) is 18.1 Å². The van der Waals surface area contributed by atoms with Gasteiger partial charge in [0.25, 0.3) is 0 Å². The van der Waals surface area contributed by atoms with Gasteiger partial charge in [-0.15, -0.1) is 0 Å². The van der Waals surface area contributed by atoms with Crippen molar-refractivity contribution in [3.63, 3.8) is 0 Å². The molecule has 2 unspecified atom stereocenters. The highest BCUT2D eigenvalue weighted by Gasteiger charge is 2.22. The van der Waals surface area contributed by atoms with Crippen LogP contribution in [0.1, 0.15) is 39.0 Å². The van der Waals surface area contributed by atoms with Crippen LogP contribution in [0.5, 0.6) is 0 Å². The minimum atomic E-state index is 0.477. The molecule has 2 rings (SSSR count). The molecule has 0 aromatic heterocycles. The minimum absolute atomic E-state index is 0.477. The van der Waals surface area contributed by atoms with Crippen LogP contribution < -0.4 is 5.73 Å². The lowest BCUT2D eigenvalue weighted by Crippen LogP contribution is -2.38. The average molecular weight is 208 g/mol. The Morgan fingerprint density at radius 1 is 1.47 bits per heavy atom. The number of nitrogens with two attached hydrogens (primary N) is 1. The first-order chi connectivity index (χ1) is 7.24. The Bertz CT molecular complexity index is 235. The van der Waals surface area contributed by atoms with Crippen LogP contribution in [-0.2, 0) is 0 Å². The van der Waals surface area contributed by atoms with Crippen LogP contribution in [0.3, 0.4) is 0 Å². The fourth-order valence-electron chi connectivity index (χ4n) is 3.01. The van der Waals surface area contributed by atoms with E-state index in [1.807, 2.05) is 0 Å². The van der Waals surface area contributed by atoms with E-state index in [4.69, 9.17) is 5.73 Å². The second kappa shape index (κ2) is 5.13. The molecule has 15 heavy (non-hydrogen) atoms. The molecule has 0 aromatic carbocycles. The van der Waals surface area contributed by atoms with E-state index >= 15 is 0 Å². The van der Waals surface area contributed by atoms with E-state index in [0.717, 1.165) is 5.92 Å². The van der Waals surface area contributed by atoms with Crippen molar-refractivity contribution in [2.24, 2.45) is 11.7 Å². The second-order valence-electron chi connectivity index (χ2n) is 5.37. The van der Waals surface area contributed by atoms with E-state index in [0.29, 0.717) is 6.04 Å². The van der Waals surface area contributed by atoms with Crippen molar-refractivity contribution >= 4 is 0 Å². The molecule has 1 fully saturated rings. The number of hydrogen-bond acceptors (Lipinski definition) is 2. The zero-order valence-electron chi connectivity index (χ0n) is 9.91. The lowest BCUT2D eigenvalue weighted by Gasteiger charge is -2.33. The lowest BCUT2D eigenvalue weighted by molar-refractivity contribution is 0.200. The van der Waals surface area contributed by atoms with Gasteiger partial charge < -0.3 is 5.73 Å². The molecule has 2 nitrogen and oxygen atoms in total. The van der Waals surface area contributed by atoms with E-state index in [9.17, 15) is 0 Å². The van der Waals surface area contributed by atoms with Gasteiger partial charge in [0.2, 0.25) is 0 Å². The van der Waals surface area contributed by atoms with Crippen molar-refractivity contribution in [3.8, 4) is 0 Å². The normalized spacial score (nSPS) is 33.9. The summed E-state index contributed by atoms with van der Waals surface area (Å²) in [6.45, 7) is 5.96. The maximum atomic E-state index is 6.03. The van der Waals surface area contributed by atoms with Gasteiger partial charge in [-0.05, 0) is 38.5 Å². The summed E-state index contributed by atoms with van der Waals surface area (Å²) in [5.41, 5.74) is 7.57. The first kappa shape index (κ1) is 11.2. The molecule has 0 bridgehead atoms. The van der Waals surface area contributed by atoms with Gasteiger partial charge in [0.15, 0.2) is 0 Å². The Morgan fingerprint density at radius 2 is 2.33 bits per heavy atom. The smallest absolute Gasteiger partial charge is 0.0190 e. The summed E-state index contributed by atoms with van der Waals surface area (Å²) in [4.78, 5) is 2.61. The summed E-state index contributed by atoms with van der Waals surface area (Å²) in [6.07, 6.45) is 8.85. The van der Waals surface area contributed by atoms with E-state index < -0.39 is 0 Å². The highest BCUT2D eigenvalue weighted by atomic mass is 15.1. The van der Waals surface area contributed by atoms with Gasteiger partial charge in [0, 0.05) is 25.7 Å². The van der Waals surface area contributed by atoms with Gasteiger partial charge in [-0.3, -0.25) is 4.90 Å². The maximum absolute atomic E-state index is 6.03. The van der Waals surface area contributed by atoms with Crippen LogP contribution in [-0.4, -0.2) is 30.6 Å². The van der Waals surface area contributed by atoms with Gasteiger partial charge >= 0.3 is 0 Å². The fourth-order valence-corrected chi connectivity index (χ4v) is 3.01. The SMILES string of the molecule is CC1=CCCN(CC2CCCC(N)C2)C1. The first-order valence-corrected chi connectivity index (χ1v) is 6.37. The molecule has 0 amide bonds. The topological polar surface area (TPSA) is 29.3 Å². The third-order valence-corrected chi connectivity index (χ3v) is 3.75. The molecule has 86 valence electrons.